The zero-order valence-corrected chi connectivity index (χ0v) is 16.4. The maximum absolute atomic E-state index is 12.5. The van der Waals surface area contributed by atoms with Crippen molar-refractivity contribution in [3.8, 4) is 5.75 Å². The highest BCUT2D eigenvalue weighted by molar-refractivity contribution is 7.91. The van der Waals surface area contributed by atoms with Gasteiger partial charge in [0.1, 0.15) is 5.75 Å². The van der Waals surface area contributed by atoms with Crippen LogP contribution in [0.3, 0.4) is 0 Å². The van der Waals surface area contributed by atoms with Crippen LogP contribution in [0.5, 0.6) is 5.75 Å². The van der Waals surface area contributed by atoms with Crippen LogP contribution in [-0.4, -0.2) is 27.2 Å². The molecule has 5 nitrogen and oxygen atoms in total. The Bertz CT molecular complexity index is 865. The lowest BCUT2D eigenvalue weighted by molar-refractivity contribution is -0.115. The van der Waals surface area contributed by atoms with Gasteiger partial charge in [-0.2, -0.15) is 0 Å². The van der Waals surface area contributed by atoms with Crippen LogP contribution in [0.15, 0.2) is 53.4 Å². The predicted molar refractivity (Wildman–Crippen MR) is 103 cm³/mol. The van der Waals surface area contributed by atoms with Crippen molar-refractivity contribution in [2.24, 2.45) is 0 Å². The van der Waals surface area contributed by atoms with Crippen molar-refractivity contribution in [2.75, 3.05) is 18.2 Å². The van der Waals surface area contributed by atoms with E-state index in [2.05, 4.69) is 26.1 Å². The molecular formula is C20H25NO4S. The van der Waals surface area contributed by atoms with Crippen LogP contribution >= 0.6 is 0 Å². The minimum absolute atomic E-state index is 0.0427. The molecule has 0 aliphatic rings. The molecule has 0 atom stereocenters. The van der Waals surface area contributed by atoms with Crippen LogP contribution in [0.2, 0.25) is 0 Å². The minimum Gasteiger partial charge on any atom is -0.497 e. The predicted octanol–water partition coefficient (Wildman–Crippen LogP) is 3.80. The summed E-state index contributed by atoms with van der Waals surface area (Å²) in [6.07, 6.45) is -0.111. The maximum Gasteiger partial charge on any atom is 0.225 e. The Labute approximate surface area is 155 Å². The van der Waals surface area contributed by atoms with Crippen molar-refractivity contribution in [1.29, 1.82) is 0 Å². The molecule has 0 unspecified atom stereocenters. The molecule has 0 saturated heterocycles. The number of amides is 1. The lowest BCUT2D eigenvalue weighted by Gasteiger charge is -2.19. The molecule has 0 bridgehead atoms. The summed E-state index contributed by atoms with van der Waals surface area (Å²) in [5.41, 5.74) is 1.59. The fraction of sp³-hybridized carbons (Fsp3) is 0.350. The maximum atomic E-state index is 12.5. The normalized spacial score (nSPS) is 11.8. The third-order valence-corrected chi connectivity index (χ3v) is 5.76. The lowest BCUT2D eigenvalue weighted by atomic mass is 9.87. The van der Waals surface area contributed by atoms with Gasteiger partial charge < -0.3 is 10.1 Å². The highest BCUT2D eigenvalue weighted by Gasteiger charge is 2.19. The number of hydrogen-bond acceptors (Lipinski definition) is 4. The van der Waals surface area contributed by atoms with Crippen LogP contribution in [0, 0.1) is 0 Å². The Morgan fingerprint density at radius 1 is 1.08 bits per heavy atom. The summed E-state index contributed by atoms with van der Waals surface area (Å²) in [7, 11) is -1.97. The quantitative estimate of drug-likeness (QED) is 0.834. The molecule has 2 rings (SSSR count). The van der Waals surface area contributed by atoms with Gasteiger partial charge in [-0.15, -0.1) is 0 Å². The number of sulfone groups is 1. The average molecular weight is 375 g/mol. The van der Waals surface area contributed by atoms with E-state index in [0.29, 0.717) is 11.4 Å². The Balaban J connectivity index is 1.99. The summed E-state index contributed by atoms with van der Waals surface area (Å²) in [5, 5.41) is 2.69. The standard InChI is InChI=1S/C20H25NO4S/c1-20(2,3)15-8-10-18(11-9-15)26(23,24)13-12-19(22)21-16-6-5-7-17(14-16)25-4/h5-11,14H,12-13H2,1-4H3,(H,21,22). The molecule has 0 fully saturated rings. The summed E-state index contributed by atoms with van der Waals surface area (Å²) in [6, 6.07) is 13.8. The number of rotatable bonds is 6. The average Bonchev–Trinajstić information content (AvgIpc) is 2.59. The van der Waals surface area contributed by atoms with Crippen LogP contribution in [-0.2, 0) is 20.0 Å². The van der Waals surface area contributed by atoms with Gasteiger partial charge in [0.2, 0.25) is 5.91 Å². The molecule has 0 radical (unpaired) electrons. The van der Waals surface area contributed by atoms with Gasteiger partial charge in [0.05, 0.1) is 17.8 Å². The number of benzene rings is 2. The van der Waals surface area contributed by atoms with E-state index in [4.69, 9.17) is 4.74 Å². The molecule has 2 aromatic carbocycles. The topological polar surface area (TPSA) is 72.5 Å². The van der Waals surface area contributed by atoms with Crippen molar-refractivity contribution < 1.29 is 17.9 Å². The molecule has 0 aliphatic heterocycles. The van der Waals surface area contributed by atoms with E-state index in [1.54, 1.807) is 43.5 Å². The summed E-state index contributed by atoms with van der Waals surface area (Å²) < 4.78 is 30.0. The number of hydrogen-bond donors (Lipinski definition) is 1. The molecular weight excluding hydrogens is 350 g/mol. The lowest BCUT2D eigenvalue weighted by Crippen LogP contribution is -2.18. The molecule has 0 spiro atoms. The summed E-state index contributed by atoms with van der Waals surface area (Å²) >= 11 is 0. The van der Waals surface area contributed by atoms with Gasteiger partial charge in [-0.1, -0.05) is 39.0 Å². The van der Waals surface area contributed by atoms with E-state index in [1.165, 1.54) is 0 Å². The largest absolute Gasteiger partial charge is 0.497 e. The molecule has 6 heteroatoms. The van der Waals surface area contributed by atoms with E-state index in [9.17, 15) is 13.2 Å². The van der Waals surface area contributed by atoms with E-state index >= 15 is 0 Å². The summed E-state index contributed by atoms with van der Waals surface area (Å²) in [5.74, 6) is 0.0278. The number of ether oxygens (including phenoxy) is 1. The van der Waals surface area contributed by atoms with Crippen molar-refractivity contribution in [3.63, 3.8) is 0 Å². The SMILES string of the molecule is COc1cccc(NC(=O)CCS(=O)(=O)c2ccc(C(C)(C)C)cc2)c1. The number of methoxy groups -OCH3 is 1. The number of carbonyl (C=O) groups excluding carboxylic acids is 1. The van der Waals surface area contributed by atoms with Gasteiger partial charge in [0.25, 0.3) is 0 Å². The van der Waals surface area contributed by atoms with Crippen LogP contribution in [0.4, 0.5) is 5.69 Å². The van der Waals surface area contributed by atoms with Crippen LogP contribution in [0.1, 0.15) is 32.8 Å². The zero-order chi connectivity index (χ0) is 19.4. The molecule has 0 saturated carbocycles. The molecule has 140 valence electrons. The monoisotopic (exact) mass is 375 g/mol. The first-order valence-corrected chi connectivity index (χ1v) is 10.0. The first kappa shape index (κ1) is 20.0. The third kappa shape index (κ3) is 5.33. The molecule has 1 amide bonds. The molecule has 26 heavy (non-hydrogen) atoms. The second-order valence-corrected chi connectivity index (χ2v) is 9.23. The molecule has 0 aromatic heterocycles. The van der Waals surface area contributed by atoms with Gasteiger partial charge in [0.15, 0.2) is 9.84 Å². The summed E-state index contributed by atoms with van der Waals surface area (Å²) in [4.78, 5) is 12.3. The number of anilines is 1. The van der Waals surface area contributed by atoms with Gasteiger partial charge in [0, 0.05) is 18.2 Å². The highest BCUT2D eigenvalue weighted by Crippen LogP contribution is 2.24. The smallest absolute Gasteiger partial charge is 0.225 e. The van der Waals surface area contributed by atoms with Crippen molar-refractivity contribution in [2.45, 2.75) is 37.5 Å². The Kier molecular flexibility index (Phi) is 6.08. The van der Waals surface area contributed by atoms with Crippen molar-refractivity contribution in [3.05, 3.63) is 54.1 Å². The van der Waals surface area contributed by atoms with E-state index in [-0.39, 0.29) is 28.4 Å². The first-order valence-electron chi connectivity index (χ1n) is 8.39. The Morgan fingerprint density at radius 2 is 1.73 bits per heavy atom. The Morgan fingerprint density at radius 3 is 2.31 bits per heavy atom. The third-order valence-electron chi connectivity index (χ3n) is 4.03. The second-order valence-electron chi connectivity index (χ2n) is 7.12. The highest BCUT2D eigenvalue weighted by atomic mass is 32.2. The molecule has 1 N–H and O–H groups in total. The first-order chi connectivity index (χ1) is 12.1. The van der Waals surface area contributed by atoms with Crippen molar-refractivity contribution in [1.82, 2.24) is 0 Å². The summed E-state index contributed by atoms with van der Waals surface area (Å²) in [6.45, 7) is 6.21. The Hall–Kier alpha value is -2.34. The van der Waals surface area contributed by atoms with Crippen LogP contribution in [0.25, 0.3) is 0 Å². The van der Waals surface area contributed by atoms with Gasteiger partial charge >= 0.3 is 0 Å². The van der Waals surface area contributed by atoms with E-state index in [0.717, 1.165) is 5.56 Å². The second kappa shape index (κ2) is 7.91. The van der Waals surface area contributed by atoms with E-state index in [1.807, 2.05) is 12.1 Å². The molecule has 2 aromatic rings. The van der Waals surface area contributed by atoms with Gasteiger partial charge in [-0.05, 0) is 35.2 Å². The number of nitrogens with one attached hydrogen (secondary N) is 1. The van der Waals surface area contributed by atoms with Gasteiger partial charge in [-0.25, -0.2) is 8.42 Å². The molecule has 0 aliphatic carbocycles. The van der Waals surface area contributed by atoms with Gasteiger partial charge in [-0.3, -0.25) is 4.79 Å². The van der Waals surface area contributed by atoms with Crippen LogP contribution < -0.4 is 10.1 Å². The van der Waals surface area contributed by atoms with Crippen molar-refractivity contribution >= 4 is 21.4 Å². The number of carbonyl (C=O) groups is 1. The fourth-order valence-corrected chi connectivity index (χ4v) is 3.67. The minimum atomic E-state index is -3.51. The zero-order valence-electron chi connectivity index (χ0n) is 15.6. The molecule has 0 heterocycles. The fourth-order valence-electron chi connectivity index (χ4n) is 2.43. The van der Waals surface area contributed by atoms with E-state index < -0.39 is 9.84 Å².